The number of hydrogen-bond donors (Lipinski definition) is 2. The van der Waals surface area contributed by atoms with E-state index in [0.717, 1.165) is 5.56 Å². The number of esters is 1. The Labute approximate surface area is 143 Å². The van der Waals surface area contributed by atoms with Crippen molar-refractivity contribution in [3.63, 3.8) is 0 Å². The highest BCUT2D eigenvalue weighted by Crippen LogP contribution is 2.11. The van der Waals surface area contributed by atoms with Crippen LogP contribution < -0.4 is 5.32 Å². The molecule has 6 heteroatoms. The number of carbonyl (C=O) groups is 2. The first-order chi connectivity index (χ1) is 11.1. The number of rotatable bonds is 6. The molecule has 24 heavy (non-hydrogen) atoms. The van der Waals surface area contributed by atoms with Crippen LogP contribution in [0, 0.1) is 0 Å². The van der Waals surface area contributed by atoms with E-state index in [1.165, 1.54) is 0 Å². The highest BCUT2D eigenvalue weighted by Gasteiger charge is 2.31. The summed E-state index contributed by atoms with van der Waals surface area (Å²) in [5.74, 6) is -0.776. The lowest BCUT2D eigenvalue weighted by Crippen LogP contribution is -2.50. The summed E-state index contributed by atoms with van der Waals surface area (Å²) in [6.07, 6.45) is -2.26. The minimum absolute atomic E-state index is 0.272. The van der Waals surface area contributed by atoms with Gasteiger partial charge in [0.1, 0.15) is 5.60 Å². The number of amides is 1. The maximum absolute atomic E-state index is 12.0. The van der Waals surface area contributed by atoms with Crippen molar-refractivity contribution < 1.29 is 24.2 Å². The third-order valence-electron chi connectivity index (χ3n) is 2.98. The van der Waals surface area contributed by atoms with Crippen molar-refractivity contribution in [1.82, 2.24) is 5.32 Å². The molecule has 0 bridgehead atoms. The van der Waals surface area contributed by atoms with Gasteiger partial charge in [-0.05, 0) is 46.6 Å². The topological polar surface area (TPSA) is 84.9 Å². The van der Waals surface area contributed by atoms with Gasteiger partial charge < -0.3 is 19.9 Å². The number of alkyl carbamates (subject to hydrolysis) is 1. The molecule has 6 nitrogen and oxygen atoms in total. The van der Waals surface area contributed by atoms with Gasteiger partial charge in [-0.15, -0.1) is 0 Å². The Morgan fingerprint density at radius 3 is 2.25 bits per heavy atom. The molecule has 2 atom stereocenters. The second-order valence-corrected chi connectivity index (χ2v) is 6.87. The zero-order chi connectivity index (χ0) is 18.3. The Morgan fingerprint density at radius 2 is 1.75 bits per heavy atom. The summed E-state index contributed by atoms with van der Waals surface area (Å²) < 4.78 is 10.2. The van der Waals surface area contributed by atoms with Gasteiger partial charge >= 0.3 is 12.1 Å². The fraction of sp³-hybridized carbons (Fsp3) is 0.556. The van der Waals surface area contributed by atoms with E-state index in [4.69, 9.17) is 9.47 Å². The van der Waals surface area contributed by atoms with Crippen LogP contribution in [-0.2, 0) is 20.7 Å². The van der Waals surface area contributed by atoms with E-state index in [0.29, 0.717) is 0 Å². The van der Waals surface area contributed by atoms with Gasteiger partial charge in [-0.25, -0.2) is 9.59 Å². The maximum Gasteiger partial charge on any atom is 0.407 e. The molecule has 0 heterocycles. The Bertz CT molecular complexity index is 536. The molecule has 0 fully saturated rings. The van der Waals surface area contributed by atoms with E-state index in [-0.39, 0.29) is 12.5 Å². The quantitative estimate of drug-likeness (QED) is 0.779. The van der Waals surface area contributed by atoms with Gasteiger partial charge in [0.15, 0.2) is 6.10 Å². The third kappa shape index (κ3) is 7.46. The van der Waals surface area contributed by atoms with Crippen LogP contribution in [-0.4, -0.2) is 41.0 Å². The summed E-state index contributed by atoms with van der Waals surface area (Å²) >= 11 is 0. The molecule has 0 spiro atoms. The summed E-state index contributed by atoms with van der Waals surface area (Å²) in [6.45, 7) is 8.60. The van der Waals surface area contributed by atoms with E-state index in [9.17, 15) is 14.7 Å². The fourth-order valence-corrected chi connectivity index (χ4v) is 2.03. The van der Waals surface area contributed by atoms with Crippen LogP contribution in [0.5, 0.6) is 0 Å². The SMILES string of the molecule is CC(C)OC(=O)[C@@H](O)[C@H](Cc1ccccc1)NC(=O)OC(C)(C)C. The van der Waals surface area contributed by atoms with Gasteiger partial charge in [0.2, 0.25) is 0 Å². The lowest BCUT2D eigenvalue weighted by atomic mass is 10.0. The van der Waals surface area contributed by atoms with Crippen molar-refractivity contribution in [2.75, 3.05) is 0 Å². The minimum atomic E-state index is -1.49. The molecule has 1 aromatic carbocycles. The first-order valence-electron chi connectivity index (χ1n) is 8.00. The number of aliphatic hydroxyl groups is 1. The van der Waals surface area contributed by atoms with E-state index in [1.54, 1.807) is 34.6 Å². The molecule has 1 rings (SSSR count). The molecule has 0 unspecified atom stereocenters. The number of ether oxygens (including phenoxy) is 2. The molecule has 2 N–H and O–H groups in total. The summed E-state index contributed by atoms with van der Waals surface area (Å²) in [4.78, 5) is 24.0. The molecule has 0 saturated heterocycles. The minimum Gasteiger partial charge on any atom is -0.461 e. The van der Waals surface area contributed by atoms with E-state index >= 15 is 0 Å². The molecule has 1 amide bonds. The standard InChI is InChI=1S/C18H27NO5/c1-12(2)23-16(21)15(20)14(11-13-9-7-6-8-10-13)19-17(22)24-18(3,4)5/h6-10,12,14-15,20H,11H2,1-5H3,(H,19,22)/t14-,15-/m0/s1. The second-order valence-electron chi connectivity index (χ2n) is 6.87. The fourth-order valence-electron chi connectivity index (χ4n) is 2.03. The number of nitrogens with one attached hydrogen (secondary N) is 1. The monoisotopic (exact) mass is 337 g/mol. The predicted molar refractivity (Wildman–Crippen MR) is 90.5 cm³/mol. The number of hydrogen-bond acceptors (Lipinski definition) is 5. The smallest absolute Gasteiger partial charge is 0.407 e. The van der Waals surface area contributed by atoms with Gasteiger partial charge in [0, 0.05) is 0 Å². The highest BCUT2D eigenvalue weighted by molar-refractivity contribution is 5.77. The Kier molecular flexibility index (Phi) is 7.22. The predicted octanol–water partition coefficient (Wildman–Crippen LogP) is 2.43. The van der Waals surface area contributed by atoms with E-state index in [1.807, 2.05) is 30.3 Å². The lowest BCUT2D eigenvalue weighted by Gasteiger charge is -2.26. The van der Waals surface area contributed by atoms with Gasteiger partial charge in [0.05, 0.1) is 12.1 Å². The molecular formula is C18H27NO5. The van der Waals surface area contributed by atoms with Crippen LogP contribution in [0.1, 0.15) is 40.2 Å². The van der Waals surface area contributed by atoms with Crippen molar-refractivity contribution in [3.8, 4) is 0 Å². The van der Waals surface area contributed by atoms with E-state index < -0.39 is 29.8 Å². The third-order valence-corrected chi connectivity index (χ3v) is 2.98. The number of benzene rings is 1. The maximum atomic E-state index is 12.0. The van der Waals surface area contributed by atoms with Gasteiger partial charge in [-0.2, -0.15) is 0 Å². The Morgan fingerprint density at radius 1 is 1.17 bits per heavy atom. The zero-order valence-electron chi connectivity index (χ0n) is 14.9. The van der Waals surface area contributed by atoms with Crippen LogP contribution in [0.15, 0.2) is 30.3 Å². The number of aliphatic hydroxyl groups excluding tert-OH is 1. The highest BCUT2D eigenvalue weighted by atomic mass is 16.6. The van der Waals surface area contributed by atoms with Crippen molar-refractivity contribution in [1.29, 1.82) is 0 Å². The summed E-state index contributed by atoms with van der Waals surface area (Å²) in [7, 11) is 0. The molecule has 0 aliphatic heterocycles. The van der Waals surface area contributed by atoms with Crippen LogP contribution in [0.25, 0.3) is 0 Å². The lowest BCUT2D eigenvalue weighted by molar-refractivity contribution is -0.158. The van der Waals surface area contributed by atoms with Gasteiger partial charge in [0.25, 0.3) is 0 Å². The molecule has 0 aliphatic rings. The van der Waals surface area contributed by atoms with Crippen molar-refractivity contribution in [2.24, 2.45) is 0 Å². The van der Waals surface area contributed by atoms with Gasteiger partial charge in [-0.3, -0.25) is 0 Å². The summed E-state index contributed by atoms with van der Waals surface area (Å²) in [6, 6.07) is 8.41. The molecule has 1 aromatic rings. The molecule has 0 aromatic heterocycles. The van der Waals surface area contributed by atoms with E-state index in [2.05, 4.69) is 5.32 Å². The molecule has 0 aliphatic carbocycles. The molecule has 0 saturated carbocycles. The largest absolute Gasteiger partial charge is 0.461 e. The Hall–Kier alpha value is -2.08. The van der Waals surface area contributed by atoms with Crippen LogP contribution >= 0.6 is 0 Å². The summed E-state index contributed by atoms with van der Waals surface area (Å²) in [5, 5.41) is 12.9. The van der Waals surface area contributed by atoms with Gasteiger partial charge in [-0.1, -0.05) is 30.3 Å². The first kappa shape index (κ1) is 20.0. The normalized spacial score (nSPS) is 14.0. The Balaban J connectivity index is 2.86. The van der Waals surface area contributed by atoms with Crippen molar-refractivity contribution in [3.05, 3.63) is 35.9 Å². The zero-order valence-corrected chi connectivity index (χ0v) is 14.9. The summed E-state index contributed by atoms with van der Waals surface area (Å²) in [5.41, 5.74) is 0.195. The molecular weight excluding hydrogens is 310 g/mol. The van der Waals surface area contributed by atoms with Crippen molar-refractivity contribution >= 4 is 12.1 Å². The van der Waals surface area contributed by atoms with Crippen LogP contribution in [0.2, 0.25) is 0 Å². The van der Waals surface area contributed by atoms with Crippen molar-refractivity contribution in [2.45, 2.75) is 64.9 Å². The molecule has 0 radical (unpaired) electrons. The molecule has 134 valence electrons. The average Bonchev–Trinajstić information content (AvgIpc) is 2.44. The number of carbonyl (C=O) groups excluding carboxylic acids is 2. The van der Waals surface area contributed by atoms with Crippen LogP contribution in [0.3, 0.4) is 0 Å². The average molecular weight is 337 g/mol. The van der Waals surface area contributed by atoms with Crippen LogP contribution in [0.4, 0.5) is 4.79 Å². The first-order valence-corrected chi connectivity index (χ1v) is 8.00. The second kappa shape index (κ2) is 8.68.